The monoisotopic (exact) mass is 340 g/mol. The molecule has 0 aliphatic heterocycles. The van der Waals surface area contributed by atoms with Crippen LogP contribution in [0.1, 0.15) is 27.5 Å². The number of rotatable bonds is 4. The van der Waals surface area contributed by atoms with E-state index in [0.717, 1.165) is 17.0 Å². The molecule has 0 atom stereocenters. The number of non-ortho nitro benzene ring substituents is 1. The van der Waals surface area contributed by atoms with Gasteiger partial charge in [-0.1, -0.05) is 0 Å². The number of nitrogens with one attached hydrogen (secondary N) is 1. The van der Waals surface area contributed by atoms with Crippen LogP contribution in [-0.4, -0.2) is 21.6 Å². The molecule has 0 aliphatic carbocycles. The molecule has 0 saturated carbocycles. The van der Waals surface area contributed by atoms with Crippen molar-refractivity contribution in [2.24, 2.45) is 12.1 Å². The van der Waals surface area contributed by atoms with E-state index in [4.69, 9.17) is 4.42 Å². The molecule has 8 heteroatoms. The molecule has 2 aromatic heterocycles. The van der Waals surface area contributed by atoms with E-state index >= 15 is 0 Å². The number of hydrazone groups is 1. The van der Waals surface area contributed by atoms with Crippen molar-refractivity contribution in [2.45, 2.75) is 13.8 Å². The molecular formula is C17H16N4O4. The van der Waals surface area contributed by atoms with Gasteiger partial charge in [-0.25, -0.2) is 5.43 Å². The number of nitro benzene ring substituents is 1. The summed E-state index contributed by atoms with van der Waals surface area (Å²) in [7, 11) is 1.95. The molecule has 0 spiro atoms. The lowest BCUT2D eigenvalue weighted by Crippen LogP contribution is -2.16. The molecule has 2 heterocycles. The number of benzene rings is 1. The second-order valence-corrected chi connectivity index (χ2v) is 5.67. The zero-order valence-corrected chi connectivity index (χ0v) is 13.9. The SMILES string of the molecule is Cc1cc(C=NNC(=O)c2cc3cc([N+](=O)[O-])ccc3o2)c(C)n1C. The molecule has 3 aromatic rings. The molecular weight excluding hydrogens is 324 g/mol. The Bertz CT molecular complexity index is 1010. The number of furan rings is 1. The summed E-state index contributed by atoms with van der Waals surface area (Å²) in [5.74, 6) is -0.492. The summed E-state index contributed by atoms with van der Waals surface area (Å²) >= 11 is 0. The molecule has 128 valence electrons. The third-order valence-electron chi connectivity index (χ3n) is 4.12. The fourth-order valence-electron chi connectivity index (χ4n) is 2.49. The first-order chi connectivity index (χ1) is 11.9. The fraction of sp³-hybridized carbons (Fsp3) is 0.176. The van der Waals surface area contributed by atoms with Gasteiger partial charge in [0.1, 0.15) is 5.58 Å². The van der Waals surface area contributed by atoms with Crippen LogP contribution in [0.4, 0.5) is 5.69 Å². The summed E-state index contributed by atoms with van der Waals surface area (Å²) in [6.45, 7) is 3.94. The summed E-state index contributed by atoms with van der Waals surface area (Å²) in [5, 5.41) is 15.2. The summed E-state index contributed by atoms with van der Waals surface area (Å²) in [6.07, 6.45) is 1.56. The molecule has 0 aliphatic rings. The Morgan fingerprint density at radius 3 is 2.72 bits per heavy atom. The van der Waals surface area contributed by atoms with Crippen LogP contribution in [0.25, 0.3) is 11.0 Å². The van der Waals surface area contributed by atoms with Crippen LogP contribution >= 0.6 is 0 Å². The van der Waals surface area contributed by atoms with Gasteiger partial charge in [-0.3, -0.25) is 14.9 Å². The van der Waals surface area contributed by atoms with Gasteiger partial charge in [0.25, 0.3) is 5.69 Å². The lowest BCUT2D eigenvalue weighted by Gasteiger charge is -1.99. The van der Waals surface area contributed by atoms with Gasteiger partial charge in [-0.05, 0) is 32.0 Å². The molecule has 1 amide bonds. The Hall–Kier alpha value is -3.42. The number of fused-ring (bicyclic) bond motifs is 1. The average Bonchev–Trinajstić information content (AvgIpc) is 3.11. The minimum Gasteiger partial charge on any atom is -0.451 e. The Kier molecular flexibility index (Phi) is 4.10. The number of aryl methyl sites for hydroxylation is 1. The molecule has 3 rings (SSSR count). The number of nitro groups is 1. The third-order valence-corrected chi connectivity index (χ3v) is 4.12. The van der Waals surface area contributed by atoms with Gasteiger partial charge in [0, 0.05) is 41.5 Å². The Balaban J connectivity index is 1.76. The summed E-state index contributed by atoms with van der Waals surface area (Å²) < 4.78 is 7.42. The van der Waals surface area contributed by atoms with E-state index in [1.165, 1.54) is 24.3 Å². The van der Waals surface area contributed by atoms with Crippen LogP contribution in [0.15, 0.2) is 39.9 Å². The molecule has 0 saturated heterocycles. The van der Waals surface area contributed by atoms with Crippen LogP contribution in [0, 0.1) is 24.0 Å². The van der Waals surface area contributed by atoms with Crippen LogP contribution in [0.5, 0.6) is 0 Å². The van der Waals surface area contributed by atoms with Crippen molar-refractivity contribution in [2.75, 3.05) is 0 Å². The van der Waals surface area contributed by atoms with Crippen LogP contribution < -0.4 is 5.43 Å². The van der Waals surface area contributed by atoms with Gasteiger partial charge in [-0.15, -0.1) is 0 Å². The predicted molar refractivity (Wildman–Crippen MR) is 92.8 cm³/mol. The number of carbonyl (C=O) groups is 1. The molecule has 1 N–H and O–H groups in total. The minimum atomic E-state index is -0.527. The van der Waals surface area contributed by atoms with Gasteiger partial charge < -0.3 is 8.98 Å². The molecule has 0 bridgehead atoms. The van der Waals surface area contributed by atoms with Gasteiger partial charge >= 0.3 is 5.91 Å². The second-order valence-electron chi connectivity index (χ2n) is 5.67. The lowest BCUT2D eigenvalue weighted by molar-refractivity contribution is -0.384. The van der Waals surface area contributed by atoms with Crippen molar-refractivity contribution >= 4 is 28.8 Å². The maximum Gasteiger partial charge on any atom is 0.307 e. The Labute approximate surface area is 142 Å². The quantitative estimate of drug-likeness (QED) is 0.448. The van der Waals surface area contributed by atoms with E-state index in [0.29, 0.717) is 11.0 Å². The normalized spacial score (nSPS) is 11.3. The number of hydrogen-bond donors (Lipinski definition) is 1. The molecule has 8 nitrogen and oxygen atoms in total. The van der Waals surface area contributed by atoms with Crippen LogP contribution in [-0.2, 0) is 7.05 Å². The summed E-state index contributed by atoms with van der Waals surface area (Å²) in [4.78, 5) is 22.4. The van der Waals surface area contributed by atoms with E-state index < -0.39 is 10.8 Å². The first-order valence-electron chi connectivity index (χ1n) is 7.51. The summed E-state index contributed by atoms with van der Waals surface area (Å²) in [5.41, 5.74) is 5.76. The van der Waals surface area contributed by atoms with E-state index in [9.17, 15) is 14.9 Å². The van der Waals surface area contributed by atoms with Crippen molar-refractivity contribution < 1.29 is 14.1 Å². The van der Waals surface area contributed by atoms with Crippen molar-refractivity contribution in [3.63, 3.8) is 0 Å². The fourth-order valence-corrected chi connectivity index (χ4v) is 2.49. The van der Waals surface area contributed by atoms with Crippen LogP contribution in [0.2, 0.25) is 0 Å². The highest BCUT2D eigenvalue weighted by atomic mass is 16.6. The highest BCUT2D eigenvalue weighted by molar-refractivity contribution is 5.97. The zero-order valence-electron chi connectivity index (χ0n) is 13.9. The Morgan fingerprint density at radius 1 is 1.32 bits per heavy atom. The number of amides is 1. The largest absolute Gasteiger partial charge is 0.451 e. The second kappa shape index (κ2) is 6.23. The third kappa shape index (κ3) is 3.14. The maximum absolute atomic E-state index is 12.1. The van der Waals surface area contributed by atoms with E-state index in [1.54, 1.807) is 6.21 Å². The molecule has 0 radical (unpaired) electrons. The molecule has 25 heavy (non-hydrogen) atoms. The molecule has 0 unspecified atom stereocenters. The highest BCUT2D eigenvalue weighted by Crippen LogP contribution is 2.24. The van der Waals surface area contributed by atoms with Gasteiger partial charge in [0.2, 0.25) is 0 Å². The first kappa shape index (κ1) is 16.4. The van der Waals surface area contributed by atoms with Gasteiger partial charge in [0.05, 0.1) is 11.1 Å². The van der Waals surface area contributed by atoms with E-state index in [-0.39, 0.29) is 11.4 Å². The topological polar surface area (TPSA) is 103 Å². The zero-order chi connectivity index (χ0) is 18.1. The summed E-state index contributed by atoms with van der Waals surface area (Å²) in [6, 6.07) is 7.56. The molecule has 0 fully saturated rings. The van der Waals surface area contributed by atoms with Gasteiger partial charge in [0.15, 0.2) is 5.76 Å². The first-order valence-corrected chi connectivity index (χ1v) is 7.51. The Morgan fingerprint density at radius 2 is 2.08 bits per heavy atom. The van der Waals surface area contributed by atoms with Crippen molar-refractivity contribution in [3.8, 4) is 0 Å². The van der Waals surface area contributed by atoms with E-state index in [2.05, 4.69) is 10.5 Å². The smallest absolute Gasteiger partial charge is 0.307 e. The van der Waals surface area contributed by atoms with Gasteiger partial charge in [-0.2, -0.15) is 5.10 Å². The number of aromatic nitrogens is 1. The average molecular weight is 340 g/mol. The lowest BCUT2D eigenvalue weighted by atomic mass is 10.2. The van der Waals surface area contributed by atoms with Crippen LogP contribution in [0.3, 0.4) is 0 Å². The highest BCUT2D eigenvalue weighted by Gasteiger charge is 2.14. The van der Waals surface area contributed by atoms with E-state index in [1.807, 2.05) is 31.5 Å². The minimum absolute atomic E-state index is 0.0358. The number of hydrogen-bond acceptors (Lipinski definition) is 5. The standard InChI is InChI=1S/C17H16N4O4/c1-10-6-13(11(2)20(10)3)9-18-19-17(22)16-8-12-7-14(21(23)24)4-5-15(12)25-16/h4-9H,1-3H3,(H,19,22). The molecule has 1 aromatic carbocycles. The number of carbonyl (C=O) groups excluding carboxylic acids is 1. The predicted octanol–water partition coefficient (Wildman–Crippen LogP) is 3.06. The van der Waals surface area contributed by atoms with Crippen molar-refractivity contribution in [3.05, 3.63) is 63.2 Å². The maximum atomic E-state index is 12.1. The number of nitrogens with zero attached hydrogens (tertiary/aromatic N) is 3. The van der Waals surface area contributed by atoms with Crippen molar-refractivity contribution in [1.29, 1.82) is 0 Å². The van der Waals surface area contributed by atoms with Crippen molar-refractivity contribution in [1.82, 2.24) is 9.99 Å².